The Kier molecular flexibility index (Phi) is 2.19. The standard InChI is InChI=1S/C3H12O2Si2/c1-6(2)7(3,4)5/h4-6H,1-3H3. The molecule has 0 aromatic rings. The molecule has 7 heavy (non-hydrogen) atoms. The molecular weight excluding hydrogens is 124 g/mol. The van der Waals surface area contributed by atoms with E-state index in [1.165, 1.54) is 0 Å². The molecule has 0 radical (unpaired) electrons. The molecule has 2 nitrogen and oxygen atoms in total. The molecule has 2 N–H and O–H groups in total. The lowest BCUT2D eigenvalue weighted by Gasteiger charge is -2.13. The third-order valence-electron chi connectivity index (χ3n) is 1.09. The molecule has 44 valence electrons. The van der Waals surface area contributed by atoms with Crippen molar-refractivity contribution in [3.8, 4) is 0 Å². The van der Waals surface area contributed by atoms with Gasteiger partial charge in [0.05, 0.1) is 8.31 Å². The Hall–Kier alpha value is 0.354. The maximum Gasteiger partial charge on any atom is 0.303 e. The molecule has 0 spiro atoms. The highest BCUT2D eigenvalue weighted by atomic mass is 29.2. The molecule has 0 saturated carbocycles. The van der Waals surface area contributed by atoms with Crippen molar-refractivity contribution in [1.29, 1.82) is 0 Å². The second-order valence-electron chi connectivity index (χ2n) is 2.25. The lowest BCUT2D eigenvalue weighted by atomic mass is 11.9. The smallest absolute Gasteiger partial charge is 0.303 e. The Morgan fingerprint density at radius 1 is 1.29 bits per heavy atom. The fourth-order valence-corrected chi connectivity index (χ4v) is 0. The molecule has 0 saturated heterocycles. The molecule has 0 amide bonds. The van der Waals surface area contributed by atoms with Gasteiger partial charge in [-0.1, -0.05) is 13.1 Å². The van der Waals surface area contributed by atoms with E-state index in [1.54, 1.807) is 6.55 Å². The SMILES string of the molecule is C[SiH](C)[Si](C)(O)O. The first-order chi connectivity index (χ1) is 2.94. The lowest BCUT2D eigenvalue weighted by Crippen LogP contribution is -2.44. The van der Waals surface area contributed by atoms with Crippen LogP contribution >= 0.6 is 0 Å². The zero-order valence-corrected chi connectivity index (χ0v) is 7.13. The van der Waals surface area contributed by atoms with E-state index in [0.29, 0.717) is 0 Å². The predicted molar refractivity (Wildman–Crippen MR) is 34.9 cm³/mol. The van der Waals surface area contributed by atoms with E-state index in [-0.39, 0.29) is 0 Å². The van der Waals surface area contributed by atoms with Gasteiger partial charge in [-0.2, -0.15) is 0 Å². The van der Waals surface area contributed by atoms with Crippen molar-refractivity contribution in [2.75, 3.05) is 0 Å². The normalized spacial score (nSPS) is 12.9. The lowest BCUT2D eigenvalue weighted by molar-refractivity contribution is 0.399. The van der Waals surface area contributed by atoms with Crippen LogP contribution in [0.5, 0.6) is 0 Å². The zero-order valence-electron chi connectivity index (χ0n) is 4.97. The van der Waals surface area contributed by atoms with Gasteiger partial charge in [0.15, 0.2) is 0 Å². The molecule has 0 atom stereocenters. The molecule has 0 rings (SSSR count). The highest BCUT2D eigenvalue weighted by Gasteiger charge is 2.26. The quantitative estimate of drug-likeness (QED) is 0.482. The van der Waals surface area contributed by atoms with Crippen molar-refractivity contribution in [3.05, 3.63) is 0 Å². The fourth-order valence-electron chi connectivity index (χ4n) is 0. The van der Waals surface area contributed by atoms with Crippen molar-refractivity contribution in [3.63, 3.8) is 0 Å². The van der Waals surface area contributed by atoms with Crippen molar-refractivity contribution in [2.45, 2.75) is 19.6 Å². The minimum absolute atomic E-state index is 1.11. The average molecular weight is 136 g/mol. The molecule has 0 heterocycles. The molecule has 0 aromatic carbocycles. The van der Waals surface area contributed by atoms with Gasteiger partial charge in [-0.05, 0) is 6.55 Å². The van der Waals surface area contributed by atoms with Gasteiger partial charge in [-0.15, -0.1) is 0 Å². The first-order valence-electron chi connectivity index (χ1n) is 2.39. The van der Waals surface area contributed by atoms with E-state index in [1.807, 2.05) is 13.1 Å². The predicted octanol–water partition coefficient (Wildman–Crippen LogP) is -0.392. The maximum atomic E-state index is 8.85. The van der Waals surface area contributed by atoms with E-state index in [4.69, 9.17) is 9.59 Å². The summed E-state index contributed by atoms with van der Waals surface area (Å²) in [5.74, 6) is 0. The summed E-state index contributed by atoms with van der Waals surface area (Å²) in [6, 6.07) is 0. The molecule has 0 fully saturated rings. The summed E-state index contributed by atoms with van der Waals surface area (Å²) in [7, 11) is -3.70. The molecule has 0 aliphatic rings. The van der Waals surface area contributed by atoms with Crippen molar-refractivity contribution in [2.24, 2.45) is 0 Å². The van der Waals surface area contributed by atoms with Crippen LogP contribution in [0.25, 0.3) is 0 Å². The van der Waals surface area contributed by atoms with E-state index < -0.39 is 16.4 Å². The molecular formula is C3H12O2Si2. The van der Waals surface area contributed by atoms with Crippen LogP contribution in [0.2, 0.25) is 19.6 Å². The summed E-state index contributed by atoms with van der Waals surface area (Å²) in [6.07, 6.45) is 0. The van der Waals surface area contributed by atoms with Crippen molar-refractivity contribution in [1.82, 2.24) is 0 Å². The summed E-state index contributed by atoms with van der Waals surface area (Å²) in [4.78, 5) is 17.7. The van der Waals surface area contributed by atoms with Crippen LogP contribution in [0.4, 0.5) is 0 Å². The van der Waals surface area contributed by atoms with Gasteiger partial charge in [0.2, 0.25) is 0 Å². The Morgan fingerprint density at radius 2 is 1.43 bits per heavy atom. The second kappa shape index (κ2) is 2.08. The first-order valence-corrected chi connectivity index (χ1v) is 8.90. The van der Waals surface area contributed by atoms with Crippen LogP contribution in [0.3, 0.4) is 0 Å². The molecule has 0 aliphatic heterocycles. The molecule has 0 aliphatic carbocycles. The Balaban J connectivity index is 3.54. The van der Waals surface area contributed by atoms with Crippen LogP contribution in [-0.2, 0) is 0 Å². The van der Waals surface area contributed by atoms with Gasteiger partial charge < -0.3 is 9.59 Å². The van der Waals surface area contributed by atoms with Gasteiger partial charge in [-0.3, -0.25) is 0 Å². The summed E-state index contributed by atoms with van der Waals surface area (Å²) in [6.45, 7) is 5.47. The molecule has 0 bridgehead atoms. The van der Waals surface area contributed by atoms with Crippen LogP contribution < -0.4 is 0 Å². The third kappa shape index (κ3) is 2.98. The van der Waals surface area contributed by atoms with E-state index >= 15 is 0 Å². The van der Waals surface area contributed by atoms with Crippen LogP contribution in [-0.4, -0.2) is 26.0 Å². The van der Waals surface area contributed by atoms with Gasteiger partial charge in [-0.25, -0.2) is 0 Å². The van der Waals surface area contributed by atoms with Gasteiger partial charge in [0.25, 0.3) is 0 Å². The highest BCUT2D eigenvalue weighted by molar-refractivity contribution is 7.24. The minimum atomic E-state index is -2.60. The maximum absolute atomic E-state index is 8.85. The van der Waals surface area contributed by atoms with E-state index in [2.05, 4.69) is 0 Å². The van der Waals surface area contributed by atoms with E-state index in [0.717, 1.165) is 0 Å². The van der Waals surface area contributed by atoms with Gasteiger partial charge in [0, 0.05) is 0 Å². The average Bonchev–Trinajstić information content (AvgIpc) is 1.31. The molecule has 0 unspecified atom stereocenters. The second-order valence-corrected chi connectivity index (χ2v) is 13.5. The van der Waals surface area contributed by atoms with Crippen LogP contribution in [0.15, 0.2) is 0 Å². The topological polar surface area (TPSA) is 40.5 Å². The summed E-state index contributed by atoms with van der Waals surface area (Å²) < 4.78 is 0. The first kappa shape index (κ1) is 7.35. The summed E-state index contributed by atoms with van der Waals surface area (Å²) in [5, 5.41) is 0. The largest absolute Gasteiger partial charge is 0.413 e. The number of hydrogen-bond acceptors (Lipinski definition) is 2. The highest BCUT2D eigenvalue weighted by Crippen LogP contribution is 1.95. The zero-order chi connectivity index (χ0) is 6.08. The monoisotopic (exact) mass is 136 g/mol. The Bertz CT molecular complexity index is 56.4. The van der Waals surface area contributed by atoms with Crippen molar-refractivity contribution >= 4 is 16.4 Å². The van der Waals surface area contributed by atoms with Gasteiger partial charge >= 0.3 is 8.08 Å². The van der Waals surface area contributed by atoms with Crippen molar-refractivity contribution < 1.29 is 9.59 Å². The molecule has 0 aromatic heterocycles. The summed E-state index contributed by atoms with van der Waals surface area (Å²) in [5.41, 5.74) is 0. The van der Waals surface area contributed by atoms with Crippen LogP contribution in [0.1, 0.15) is 0 Å². The number of hydrogen-bond donors (Lipinski definition) is 2. The Labute approximate surface area is 46.5 Å². The molecule has 4 heteroatoms. The number of rotatable bonds is 1. The van der Waals surface area contributed by atoms with Crippen LogP contribution in [0, 0.1) is 0 Å². The Morgan fingerprint density at radius 3 is 1.43 bits per heavy atom. The summed E-state index contributed by atoms with van der Waals surface area (Å²) >= 11 is 0. The minimum Gasteiger partial charge on any atom is -0.413 e. The van der Waals surface area contributed by atoms with Gasteiger partial charge in [0.1, 0.15) is 0 Å². The third-order valence-corrected chi connectivity index (χ3v) is 9.84. The van der Waals surface area contributed by atoms with E-state index in [9.17, 15) is 0 Å². The fraction of sp³-hybridized carbons (Fsp3) is 1.00.